The molecule has 5 unspecified atom stereocenters. The molecule has 0 radical (unpaired) electrons. The molecule has 1 saturated carbocycles. The van der Waals surface area contributed by atoms with Crippen LogP contribution < -0.4 is 11.5 Å². The minimum Gasteiger partial charge on any atom is -0.328 e. The fourth-order valence-electron chi connectivity index (χ4n) is 4.68. The molecule has 0 amide bonds. The largest absolute Gasteiger partial charge is 0.328 e. The van der Waals surface area contributed by atoms with E-state index in [1.165, 1.54) is 17.5 Å². The number of hydrogen-bond acceptors (Lipinski definition) is 2. The van der Waals surface area contributed by atoms with E-state index in [2.05, 4.69) is 58.9 Å². The molecule has 1 aliphatic rings. The van der Waals surface area contributed by atoms with E-state index in [4.69, 9.17) is 11.5 Å². The molecule has 136 valence electrons. The van der Waals surface area contributed by atoms with Gasteiger partial charge in [0.1, 0.15) is 0 Å². The zero-order chi connectivity index (χ0) is 17.9. The van der Waals surface area contributed by atoms with Crippen LogP contribution in [0.2, 0.25) is 0 Å². The lowest BCUT2D eigenvalue weighted by atomic mass is 9.69. The highest BCUT2D eigenvalue weighted by molar-refractivity contribution is 5.32. The molecular weight excluding hydrogens is 292 g/mol. The molecule has 0 aromatic heterocycles. The summed E-state index contributed by atoms with van der Waals surface area (Å²) in [6.45, 7) is 11.4. The Hall–Kier alpha value is -0.860. The highest BCUT2D eigenvalue weighted by Crippen LogP contribution is 2.40. The summed E-state index contributed by atoms with van der Waals surface area (Å²) in [5.41, 5.74) is 15.6. The van der Waals surface area contributed by atoms with E-state index in [1.54, 1.807) is 0 Å². The molecule has 1 fully saturated rings. The standard InChI is InChI=1S/C22H38N2/c1-6-16(4)22(24,17(5)7-2)19-10-8-18(9-11-19)21-13-12-20(23)14-15(21)3/h8-11,15-17,20-21H,6-7,12-14,23-24H2,1-5H3. The normalized spacial score (nSPS) is 29.7. The number of hydrogen-bond donors (Lipinski definition) is 2. The van der Waals surface area contributed by atoms with Gasteiger partial charge < -0.3 is 11.5 Å². The van der Waals surface area contributed by atoms with Gasteiger partial charge in [0.15, 0.2) is 0 Å². The maximum absolute atomic E-state index is 6.98. The molecule has 1 aromatic carbocycles. The summed E-state index contributed by atoms with van der Waals surface area (Å²) in [6.07, 6.45) is 5.73. The van der Waals surface area contributed by atoms with Gasteiger partial charge in [-0.1, -0.05) is 71.7 Å². The molecule has 1 aromatic rings. The lowest BCUT2D eigenvalue weighted by Gasteiger charge is -2.41. The Morgan fingerprint density at radius 2 is 1.58 bits per heavy atom. The number of rotatable bonds is 6. The van der Waals surface area contributed by atoms with E-state index >= 15 is 0 Å². The van der Waals surface area contributed by atoms with Crippen LogP contribution in [-0.2, 0) is 5.54 Å². The third kappa shape index (κ3) is 3.70. The van der Waals surface area contributed by atoms with Crippen LogP contribution in [0.5, 0.6) is 0 Å². The van der Waals surface area contributed by atoms with Crippen molar-refractivity contribution in [2.24, 2.45) is 29.2 Å². The summed E-state index contributed by atoms with van der Waals surface area (Å²) in [4.78, 5) is 0. The van der Waals surface area contributed by atoms with Crippen molar-refractivity contribution in [3.8, 4) is 0 Å². The second-order valence-electron chi connectivity index (χ2n) is 8.33. The molecule has 24 heavy (non-hydrogen) atoms. The molecular formula is C22H38N2. The van der Waals surface area contributed by atoms with Gasteiger partial charge in [0, 0.05) is 11.6 Å². The van der Waals surface area contributed by atoms with Crippen molar-refractivity contribution in [2.45, 2.75) is 84.2 Å². The number of nitrogens with two attached hydrogens (primary N) is 2. The highest BCUT2D eigenvalue weighted by atomic mass is 14.8. The van der Waals surface area contributed by atoms with Gasteiger partial charge in [-0.05, 0) is 54.1 Å². The smallest absolute Gasteiger partial charge is 0.0461 e. The van der Waals surface area contributed by atoms with Gasteiger partial charge >= 0.3 is 0 Å². The van der Waals surface area contributed by atoms with Crippen LogP contribution in [0.4, 0.5) is 0 Å². The van der Waals surface area contributed by atoms with Gasteiger partial charge in [-0.2, -0.15) is 0 Å². The van der Waals surface area contributed by atoms with Crippen LogP contribution in [0.15, 0.2) is 24.3 Å². The average Bonchev–Trinajstić information content (AvgIpc) is 2.59. The van der Waals surface area contributed by atoms with Gasteiger partial charge in [-0.15, -0.1) is 0 Å². The maximum atomic E-state index is 6.98. The Morgan fingerprint density at radius 1 is 1.04 bits per heavy atom. The summed E-state index contributed by atoms with van der Waals surface area (Å²) in [5, 5.41) is 0. The fourth-order valence-corrected chi connectivity index (χ4v) is 4.68. The Morgan fingerprint density at radius 3 is 2.04 bits per heavy atom. The predicted octanol–water partition coefficient (Wildman–Crippen LogP) is 5.16. The van der Waals surface area contributed by atoms with E-state index < -0.39 is 0 Å². The topological polar surface area (TPSA) is 52.0 Å². The minimum atomic E-state index is -0.234. The molecule has 2 heteroatoms. The zero-order valence-corrected chi connectivity index (χ0v) is 16.4. The molecule has 1 aliphatic carbocycles. The second kappa shape index (κ2) is 8.01. The first kappa shape index (κ1) is 19.5. The van der Waals surface area contributed by atoms with E-state index in [0.29, 0.717) is 29.7 Å². The first-order valence-corrected chi connectivity index (χ1v) is 9.99. The second-order valence-corrected chi connectivity index (χ2v) is 8.33. The van der Waals surface area contributed by atoms with Crippen molar-refractivity contribution in [3.63, 3.8) is 0 Å². The van der Waals surface area contributed by atoms with E-state index in [9.17, 15) is 0 Å². The predicted molar refractivity (Wildman–Crippen MR) is 105 cm³/mol. The van der Waals surface area contributed by atoms with Gasteiger partial charge in [-0.3, -0.25) is 0 Å². The van der Waals surface area contributed by atoms with E-state index in [0.717, 1.165) is 25.7 Å². The van der Waals surface area contributed by atoms with Crippen molar-refractivity contribution < 1.29 is 0 Å². The Labute approximate surface area is 149 Å². The van der Waals surface area contributed by atoms with Crippen molar-refractivity contribution >= 4 is 0 Å². The Kier molecular flexibility index (Phi) is 6.50. The van der Waals surface area contributed by atoms with Crippen molar-refractivity contribution in [2.75, 3.05) is 0 Å². The third-order valence-electron chi connectivity index (χ3n) is 6.90. The summed E-state index contributed by atoms with van der Waals surface area (Å²) < 4.78 is 0. The minimum absolute atomic E-state index is 0.234. The van der Waals surface area contributed by atoms with Crippen LogP contribution in [0, 0.1) is 17.8 Å². The maximum Gasteiger partial charge on any atom is 0.0461 e. The molecule has 2 rings (SSSR count). The van der Waals surface area contributed by atoms with Crippen LogP contribution >= 0.6 is 0 Å². The molecule has 5 atom stereocenters. The van der Waals surface area contributed by atoms with Crippen LogP contribution in [0.1, 0.15) is 83.8 Å². The van der Waals surface area contributed by atoms with Gasteiger partial charge in [0.05, 0.1) is 0 Å². The molecule has 4 N–H and O–H groups in total. The monoisotopic (exact) mass is 330 g/mol. The van der Waals surface area contributed by atoms with E-state index in [-0.39, 0.29) is 5.54 Å². The van der Waals surface area contributed by atoms with Crippen molar-refractivity contribution in [1.82, 2.24) is 0 Å². The third-order valence-corrected chi connectivity index (χ3v) is 6.90. The van der Waals surface area contributed by atoms with E-state index in [1.807, 2.05) is 0 Å². The summed E-state index contributed by atoms with van der Waals surface area (Å²) in [7, 11) is 0. The molecule has 0 bridgehead atoms. The molecule has 0 heterocycles. The first-order valence-electron chi connectivity index (χ1n) is 9.99. The summed E-state index contributed by atoms with van der Waals surface area (Å²) in [6, 6.07) is 9.66. The van der Waals surface area contributed by atoms with Gasteiger partial charge in [0.2, 0.25) is 0 Å². The molecule has 0 spiro atoms. The Bertz CT molecular complexity index is 497. The molecule has 0 saturated heterocycles. The lowest BCUT2D eigenvalue weighted by Crippen LogP contribution is -2.48. The zero-order valence-electron chi connectivity index (χ0n) is 16.4. The fraction of sp³-hybridized carbons (Fsp3) is 0.727. The van der Waals surface area contributed by atoms with Crippen LogP contribution in [0.3, 0.4) is 0 Å². The summed E-state index contributed by atoms with van der Waals surface area (Å²) in [5.74, 6) is 2.28. The highest BCUT2D eigenvalue weighted by Gasteiger charge is 2.37. The molecule has 2 nitrogen and oxygen atoms in total. The van der Waals surface area contributed by atoms with Gasteiger partial charge in [0.25, 0.3) is 0 Å². The first-order chi connectivity index (χ1) is 11.3. The number of benzene rings is 1. The summed E-state index contributed by atoms with van der Waals surface area (Å²) >= 11 is 0. The van der Waals surface area contributed by atoms with Crippen molar-refractivity contribution in [3.05, 3.63) is 35.4 Å². The average molecular weight is 331 g/mol. The molecule has 0 aliphatic heterocycles. The van der Waals surface area contributed by atoms with Crippen molar-refractivity contribution in [1.29, 1.82) is 0 Å². The quantitative estimate of drug-likeness (QED) is 0.756. The SMILES string of the molecule is CCC(C)C(N)(c1ccc(C2CCC(N)CC2C)cc1)C(C)CC. The van der Waals surface area contributed by atoms with Crippen LogP contribution in [-0.4, -0.2) is 6.04 Å². The lowest BCUT2D eigenvalue weighted by molar-refractivity contribution is 0.188. The van der Waals surface area contributed by atoms with Gasteiger partial charge in [-0.25, -0.2) is 0 Å². The Balaban J connectivity index is 2.26. The van der Waals surface area contributed by atoms with Crippen LogP contribution in [0.25, 0.3) is 0 Å².